The van der Waals surface area contributed by atoms with E-state index in [0.717, 1.165) is 18.4 Å². The molecule has 0 aliphatic heterocycles. The third kappa shape index (κ3) is 4.26. The molecule has 4 heteroatoms. The summed E-state index contributed by atoms with van der Waals surface area (Å²) in [6.45, 7) is 0.0285. The average Bonchev–Trinajstić information content (AvgIpc) is 2.65. The van der Waals surface area contributed by atoms with Crippen LogP contribution in [0, 0.1) is 5.82 Å². The van der Waals surface area contributed by atoms with Crippen molar-refractivity contribution in [3.8, 4) is 0 Å². The number of halogens is 2. The highest BCUT2D eigenvalue weighted by molar-refractivity contribution is 9.10. The number of aliphatic hydroxyl groups is 1. The quantitative estimate of drug-likeness (QED) is 0.820. The standard InChI is InChI=1S/C15H21BrFNO/c16-14-9-11(17)7-8-13(14)15(10-19)18-12-5-3-1-2-4-6-12/h7-9,12,15,18-19H,1-6,10H2. The van der Waals surface area contributed by atoms with Gasteiger partial charge in [-0.3, -0.25) is 0 Å². The maximum absolute atomic E-state index is 13.1. The molecule has 0 aromatic heterocycles. The molecule has 106 valence electrons. The molecular weight excluding hydrogens is 309 g/mol. The maximum atomic E-state index is 13.1. The van der Waals surface area contributed by atoms with Gasteiger partial charge in [-0.15, -0.1) is 0 Å². The Labute approximate surface area is 122 Å². The fourth-order valence-electron chi connectivity index (χ4n) is 2.76. The van der Waals surface area contributed by atoms with E-state index in [-0.39, 0.29) is 18.5 Å². The van der Waals surface area contributed by atoms with Gasteiger partial charge in [-0.1, -0.05) is 47.7 Å². The van der Waals surface area contributed by atoms with Gasteiger partial charge in [0.05, 0.1) is 12.6 Å². The van der Waals surface area contributed by atoms with Crippen LogP contribution in [0.5, 0.6) is 0 Å². The summed E-state index contributed by atoms with van der Waals surface area (Å²) in [5.41, 5.74) is 0.924. The van der Waals surface area contributed by atoms with E-state index in [4.69, 9.17) is 0 Å². The maximum Gasteiger partial charge on any atom is 0.124 e. The van der Waals surface area contributed by atoms with Gasteiger partial charge in [0.25, 0.3) is 0 Å². The molecule has 1 unspecified atom stereocenters. The van der Waals surface area contributed by atoms with Gasteiger partial charge in [0.1, 0.15) is 5.82 Å². The molecule has 0 saturated heterocycles. The Balaban J connectivity index is 2.06. The number of rotatable bonds is 4. The zero-order chi connectivity index (χ0) is 13.7. The smallest absolute Gasteiger partial charge is 0.124 e. The fourth-order valence-corrected chi connectivity index (χ4v) is 3.38. The number of hydrogen-bond donors (Lipinski definition) is 2. The predicted octanol–water partition coefficient (Wildman–Crippen LogP) is 3.93. The third-order valence-electron chi connectivity index (χ3n) is 3.81. The molecule has 1 atom stereocenters. The van der Waals surface area contributed by atoms with Crippen molar-refractivity contribution in [1.82, 2.24) is 5.32 Å². The number of hydrogen-bond acceptors (Lipinski definition) is 2. The van der Waals surface area contributed by atoms with Crippen LogP contribution in [-0.4, -0.2) is 17.8 Å². The number of nitrogens with one attached hydrogen (secondary N) is 1. The van der Waals surface area contributed by atoms with Gasteiger partial charge in [0.2, 0.25) is 0 Å². The van der Waals surface area contributed by atoms with E-state index in [1.54, 1.807) is 6.07 Å². The van der Waals surface area contributed by atoms with E-state index in [2.05, 4.69) is 21.2 Å². The molecule has 0 spiro atoms. The summed E-state index contributed by atoms with van der Waals surface area (Å²) in [6.07, 6.45) is 7.44. The van der Waals surface area contributed by atoms with Gasteiger partial charge in [0.15, 0.2) is 0 Å². The molecule has 19 heavy (non-hydrogen) atoms. The van der Waals surface area contributed by atoms with Crippen molar-refractivity contribution in [2.75, 3.05) is 6.61 Å². The molecule has 1 fully saturated rings. The number of aliphatic hydroxyl groups excluding tert-OH is 1. The zero-order valence-electron chi connectivity index (χ0n) is 11.0. The van der Waals surface area contributed by atoms with Crippen molar-refractivity contribution in [1.29, 1.82) is 0 Å². The molecule has 1 saturated carbocycles. The molecule has 1 aromatic rings. The van der Waals surface area contributed by atoms with E-state index in [0.29, 0.717) is 10.5 Å². The summed E-state index contributed by atoms with van der Waals surface area (Å²) in [5, 5.41) is 13.1. The van der Waals surface area contributed by atoms with Crippen LogP contribution >= 0.6 is 15.9 Å². The van der Waals surface area contributed by atoms with Crippen molar-refractivity contribution in [2.45, 2.75) is 50.6 Å². The summed E-state index contributed by atoms with van der Waals surface area (Å²) in [7, 11) is 0. The highest BCUT2D eigenvalue weighted by atomic mass is 79.9. The lowest BCUT2D eigenvalue weighted by Crippen LogP contribution is -2.34. The lowest BCUT2D eigenvalue weighted by Gasteiger charge is -2.24. The van der Waals surface area contributed by atoms with E-state index >= 15 is 0 Å². The minimum absolute atomic E-state index is 0.0285. The summed E-state index contributed by atoms with van der Waals surface area (Å²) in [4.78, 5) is 0. The van der Waals surface area contributed by atoms with Crippen LogP contribution < -0.4 is 5.32 Å². The van der Waals surface area contributed by atoms with E-state index in [1.807, 2.05) is 0 Å². The van der Waals surface area contributed by atoms with E-state index in [1.165, 1.54) is 37.8 Å². The Hall–Kier alpha value is -0.450. The molecule has 2 nitrogen and oxygen atoms in total. The fraction of sp³-hybridized carbons (Fsp3) is 0.600. The van der Waals surface area contributed by atoms with Crippen LogP contribution in [0.3, 0.4) is 0 Å². The molecule has 0 amide bonds. The van der Waals surface area contributed by atoms with Crippen molar-refractivity contribution >= 4 is 15.9 Å². The van der Waals surface area contributed by atoms with E-state index < -0.39 is 0 Å². The van der Waals surface area contributed by atoms with Gasteiger partial charge in [-0.2, -0.15) is 0 Å². The largest absolute Gasteiger partial charge is 0.394 e. The summed E-state index contributed by atoms with van der Waals surface area (Å²) >= 11 is 3.38. The van der Waals surface area contributed by atoms with Crippen molar-refractivity contribution in [2.24, 2.45) is 0 Å². The van der Waals surface area contributed by atoms with Gasteiger partial charge in [-0.25, -0.2) is 4.39 Å². The molecule has 2 N–H and O–H groups in total. The lowest BCUT2D eigenvalue weighted by atomic mass is 10.0. The molecule has 1 aliphatic carbocycles. The number of benzene rings is 1. The molecule has 1 aromatic carbocycles. The van der Waals surface area contributed by atoms with E-state index in [9.17, 15) is 9.50 Å². The van der Waals surface area contributed by atoms with Crippen LogP contribution in [0.25, 0.3) is 0 Å². The van der Waals surface area contributed by atoms with Gasteiger partial charge in [0, 0.05) is 10.5 Å². The highest BCUT2D eigenvalue weighted by Gasteiger charge is 2.19. The topological polar surface area (TPSA) is 32.3 Å². The van der Waals surface area contributed by atoms with Crippen molar-refractivity contribution < 1.29 is 9.50 Å². The van der Waals surface area contributed by atoms with Crippen molar-refractivity contribution in [3.63, 3.8) is 0 Å². The van der Waals surface area contributed by atoms with Crippen molar-refractivity contribution in [3.05, 3.63) is 34.1 Å². The molecule has 1 aliphatic rings. The zero-order valence-corrected chi connectivity index (χ0v) is 12.6. The Morgan fingerprint density at radius 3 is 2.53 bits per heavy atom. The highest BCUT2D eigenvalue weighted by Crippen LogP contribution is 2.26. The molecule has 2 rings (SSSR count). The van der Waals surface area contributed by atoms with Crippen LogP contribution in [0.4, 0.5) is 4.39 Å². The predicted molar refractivity (Wildman–Crippen MR) is 78.6 cm³/mol. The second kappa shape index (κ2) is 7.36. The summed E-state index contributed by atoms with van der Waals surface area (Å²) in [5.74, 6) is -0.262. The summed E-state index contributed by atoms with van der Waals surface area (Å²) < 4.78 is 13.8. The van der Waals surface area contributed by atoms with Crippen LogP contribution in [0.2, 0.25) is 0 Å². The first-order valence-corrected chi connectivity index (χ1v) is 7.82. The Bertz CT molecular complexity index is 405. The van der Waals surface area contributed by atoms with Crippen LogP contribution in [0.15, 0.2) is 22.7 Å². The minimum Gasteiger partial charge on any atom is -0.394 e. The van der Waals surface area contributed by atoms with Crippen LogP contribution in [-0.2, 0) is 0 Å². The monoisotopic (exact) mass is 329 g/mol. The first-order valence-electron chi connectivity index (χ1n) is 7.02. The Kier molecular flexibility index (Phi) is 5.79. The molecule has 0 heterocycles. The first-order chi connectivity index (χ1) is 9.20. The van der Waals surface area contributed by atoms with Gasteiger partial charge < -0.3 is 10.4 Å². The molecular formula is C15H21BrFNO. The Morgan fingerprint density at radius 2 is 1.95 bits per heavy atom. The average molecular weight is 330 g/mol. The van der Waals surface area contributed by atoms with Gasteiger partial charge in [-0.05, 0) is 30.5 Å². The third-order valence-corrected chi connectivity index (χ3v) is 4.50. The normalized spacial score (nSPS) is 19.1. The lowest BCUT2D eigenvalue weighted by molar-refractivity contribution is 0.227. The second-order valence-electron chi connectivity index (χ2n) is 5.26. The minimum atomic E-state index is -0.262. The Morgan fingerprint density at radius 1 is 1.26 bits per heavy atom. The summed E-state index contributed by atoms with van der Waals surface area (Å²) in [6, 6.07) is 4.96. The molecule has 0 radical (unpaired) electrons. The molecule has 0 bridgehead atoms. The first kappa shape index (κ1) is 14.9. The van der Waals surface area contributed by atoms with Crippen LogP contribution in [0.1, 0.15) is 50.1 Å². The SMILES string of the molecule is OCC(NC1CCCCCC1)c1ccc(F)cc1Br. The second-order valence-corrected chi connectivity index (χ2v) is 6.11. The van der Waals surface area contributed by atoms with Gasteiger partial charge >= 0.3 is 0 Å².